The van der Waals surface area contributed by atoms with Gasteiger partial charge < -0.3 is 0 Å². The van der Waals surface area contributed by atoms with E-state index in [1.54, 1.807) is 0 Å². The summed E-state index contributed by atoms with van der Waals surface area (Å²) in [4.78, 5) is 0. The fourth-order valence-corrected chi connectivity index (χ4v) is 0. The van der Waals surface area contributed by atoms with Gasteiger partial charge in [0.2, 0.25) is 0 Å². The molecule has 0 unspecified atom stereocenters. The molecular weight excluding hydrogens is 114 g/mol. The van der Waals surface area contributed by atoms with Crippen molar-refractivity contribution >= 4 is 7.26 Å². The molecule has 0 aliphatic rings. The SMILES string of the molecule is C[P+](C)(C)C.[ClH2+]. The topological polar surface area (TPSA) is 0 Å². The standard InChI is InChI=1S/C4H12P.ClH2/c1-5(2,3)4;/h1-4H3;1H2/q2*+1. The minimum Gasteiger partial charge on any atom is 0.00222 e. The summed E-state index contributed by atoms with van der Waals surface area (Å²) in [5.41, 5.74) is 0. The van der Waals surface area contributed by atoms with Gasteiger partial charge in [-0.3, -0.25) is 0 Å². The van der Waals surface area contributed by atoms with Gasteiger partial charge in [0.1, 0.15) is 0 Å². The molecule has 0 N–H and O–H groups in total. The molecule has 0 aromatic carbocycles. The van der Waals surface area contributed by atoms with Crippen molar-refractivity contribution in [3.63, 3.8) is 0 Å². The van der Waals surface area contributed by atoms with E-state index < -0.39 is 0 Å². The van der Waals surface area contributed by atoms with E-state index in [0.29, 0.717) is 0 Å². The number of hydrogen-bond donors (Lipinski definition) is 0. The molecule has 0 aliphatic carbocycles. The third-order valence-electron chi connectivity index (χ3n) is 0. The van der Waals surface area contributed by atoms with Gasteiger partial charge in [0.05, 0.1) is 12.4 Å². The van der Waals surface area contributed by atoms with Crippen LogP contribution in [0.2, 0.25) is 0 Å². The average Bonchev–Trinajstić information content (AvgIpc) is 0.722. The predicted octanol–water partition coefficient (Wildman–Crippen LogP) is 0.988. The maximum atomic E-state index is 2.30. The van der Waals surface area contributed by atoms with E-state index in [9.17, 15) is 0 Å². The Balaban J connectivity index is 0. The highest BCUT2D eigenvalue weighted by molar-refractivity contribution is 7.72. The van der Waals surface area contributed by atoms with E-state index in [1.165, 1.54) is 0 Å². The molecule has 0 nitrogen and oxygen atoms in total. The van der Waals surface area contributed by atoms with Crippen molar-refractivity contribution in [2.24, 2.45) is 0 Å². The maximum Gasteiger partial charge on any atom is 0.0903 e. The molecule has 6 heavy (non-hydrogen) atoms. The fourth-order valence-electron chi connectivity index (χ4n) is 0. The molecule has 0 amide bonds. The molecule has 0 bridgehead atoms. The van der Waals surface area contributed by atoms with Crippen LogP contribution in [0.25, 0.3) is 0 Å². The zero-order chi connectivity index (χ0) is 4.50. The summed E-state index contributed by atoms with van der Waals surface area (Å²) in [6.07, 6.45) is 0. The predicted molar refractivity (Wildman–Crippen MR) is 33.4 cm³/mol. The van der Waals surface area contributed by atoms with E-state index in [4.69, 9.17) is 0 Å². The van der Waals surface area contributed by atoms with Crippen LogP contribution in [0.3, 0.4) is 0 Å². The maximum absolute atomic E-state index is 2.30. The third kappa shape index (κ3) is 126. The largest absolute Gasteiger partial charge is 0.0903 e. The van der Waals surface area contributed by atoms with Crippen LogP contribution in [-0.2, 0) is 0 Å². The highest BCUT2D eigenvalue weighted by Gasteiger charge is 2.03. The molecule has 0 aliphatic heterocycles. The van der Waals surface area contributed by atoms with Gasteiger partial charge in [-0.05, 0) is 0 Å². The smallest absolute Gasteiger partial charge is 0.00222 e. The summed E-state index contributed by atoms with van der Waals surface area (Å²) >= 11 is 0. The lowest BCUT2D eigenvalue weighted by atomic mass is 11.8. The summed E-state index contributed by atoms with van der Waals surface area (Å²) in [5.74, 6) is 0. The van der Waals surface area contributed by atoms with Gasteiger partial charge in [-0.25, -0.2) is 0 Å². The van der Waals surface area contributed by atoms with Crippen molar-refractivity contribution in [3.05, 3.63) is 0 Å². The van der Waals surface area contributed by atoms with Crippen LogP contribution < -0.4 is 0 Å². The summed E-state index contributed by atoms with van der Waals surface area (Å²) in [7, 11) is -0.389. The van der Waals surface area contributed by atoms with Crippen LogP contribution in [0.1, 0.15) is 0 Å². The summed E-state index contributed by atoms with van der Waals surface area (Å²) in [6, 6.07) is 0. The van der Waals surface area contributed by atoms with Crippen LogP contribution >= 0.6 is 7.26 Å². The molecule has 0 fully saturated rings. The number of halogens is 1. The monoisotopic (exact) mass is 128 g/mol. The Hall–Kier alpha value is 0.720. The Labute approximate surface area is 47.1 Å². The Morgan fingerprint density at radius 1 is 0.833 bits per heavy atom. The molecule has 0 aromatic rings. The molecule has 0 spiro atoms. The van der Waals surface area contributed by atoms with Crippen LogP contribution in [0.15, 0.2) is 0 Å². The Kier molecular flexibility index (Phi) is 4.64. The molecule has 0 rings (SSSR count). The first-order chi connectivity index (χ1) is 2.00. The minimum absolute atomic E-state index is 0. The van der Waals surface area contributed by atoms with E-state index in [2.05, 4.69) is 26.7 Å². The van der Waals surface area contributed by atoms with Crippen molar-refractivity contribution in [2.75, 3.05) is 26.7 Å². The van der Waals surface area contributed by atoms with Gasteiger partial charge in [-0.1, -0.05) is 0 Å². The molecule has 0 saturated heterocycles. The minimum atomic E-state index is -0.389. The van der Waals surface area contributed by atoms with Gasteiger partial charge >= 0.3 is 0 Å². The second kappa shape index (κ2) is 2.82. The molecule has 40 valence electrons. The van der Waals surface area contributed by atoms with Gasteiger partial charge in [-0.15, -0.1) is 0 Å². The third-order valence-corrected chi connectivity index (χ3v) is 0. The Bertz CT molecular complexity index is 23.0. The second-order valence-electron chi connectivity index (χ2n) is 2.68. The van der Waals surface area contributed by atoms with Crippen LogP contribution in [0.4, 0.5) is 0 Å². The zero-order valence-corrected chi connectivity index (χ0v) is 6.68. The summed E-state index contributed by atoms with van der Waals surface area (Å²) in [5, 5.41) is 0. The van der Waals surface area contributed by atoms with Crippen molar-refractivity contribution in [2.45, 2.75) is 0 Å². The lowest BCUT2D eigenvalue weighted by Crippen LogP contribution is -1.74. The van der Waals surface area contributed by atoms with E-state index >= 15 is 0 Å². The number of hydrogen-bond acceptors (Lipinski definition) is 0. The Morgan fingerprint density at radius 2 is 0.833 bits per heavy atom. The first kappa shape index (κ1) is 9.87. The molecule has 0 heterocycles. The summed E-state index contributed by atoms with van der Waals surface area (Å²) < 4.78 is 0. The van der Waals surface area contributed by atoms with E-state index in [0.717, 1.165) is 0 Å². The lowest BCUT2D eigenvalue weighted by molar-refractivity contribution is -0.00000149. The molecular formula is C4H14ClP+2. The highest BCUT2D eigenvalue weighted by atomic mass is 35.5. The normalized spacial score (nSPS) is 10.0. The molecule has 0 aromatic heterocycles. The van der Waals surface area contributed by atoms with Crippen LogP contribution in [-0.4, -0.2) is 26.7 Å². The van der Waals surface area contributed by atoms with E-state index in [1.807, 2.05) is 0 Å². The molecule has 0 saturated carbocycles. The van der Waals surface area contributed by atoms with Crippen molar-refractivity contribution < 1.29 is 12.4 Å². The van der Waals surface area contributed by atoms with Gasteiger partial charge in [0, 0.05) is 33.9 Å². The molecule has 2 heteroatoms. The average molecular weight is 129 g/mol. The Morgan fingerprint density at radius 3 is 0.833 bits per heavy atom. The van der Waals surface area contributed by atoms with Gasteiger partial charge in [0.15, 0.2) is 0 Å². The lowest BCUT2D eigenvalue weighted by Gasteiger charge is -1.97. The van der Waals surface area contributed by atoms with Crippen molar-refractivity contribution in [1.82, 2.24) is 0 Å². The molecule has 0 radical (unpaired) electrons. The molecule has 0 atom stereocenters. The second-order valence-corrected chi connectivity index (χ2v) is 8.05. The van der Waals surface area contributed by atoms with Crippen molar-refractivity contribution in [3.8, 4) is 0 Å². The first-order valence-corrected chi connectivity index (χ1v) is 5.37. The van der Waals surface area contributed by atoms with Gasteiger partial charge in [0.25, 0.3) is 0 Å². The van der Waals surface area contributed by atoms with E-state index in [-0.39, 0.29) is 19.7 Å². The highest BCUT2D eigenvalue weighted by Crippen LogP contribution is 2.40. The van der Waals surface area contributed by atoms with Crippen molar-refractivity contribution in [1.29, 1.82) is 0 Å². The quantitative estimate of drug-likeness (QED) is 0.427. The van der Waals surface area contributed by atoms with Gasteiger partial charge in [-0.2, -0.15) is 0 Å². The fraction of sp³-hybridized carbons (Fsp3) is 1.00. The van der Waals surface area contributed by atoms with Crippen LogP contribution in [0.5, 0.6) is 0 Å². The van der Waals surface area contributed by atoms with Crippen LogP contribution in [0, 0.1) is 12.4 Å². The number of rotatable bonds is 0. The zero-order valence-electron chi connectivity index (χ0n) is 4.89. The summed E-state index contributed by atoms with van der Waals surface area (Å²) in [6.45, 7) is 9.19. The first-order valence-electron chi connectivity index (χ1n) is 1.79.